The molecule has 0 unspecified atom stereocenters. The van der Waals surface area contributed by atoms with E-state index in [1.165, 1.54) is 0 Å². The Balaban J connectivity index is 1.82. The van der Waals surface area contributed by atoms with E-state index in [4.69, 9.17) is 0 Å². The van der Waals surface area contributed by atoms with Gasteiger partial charge in [-0.05, 0) is 31.7 Å². The Morgan fingerprint density at radius 2 is 2.11 bits per heavy atom. The second kappa shape index (κ2) is 5.80. The zero-order valence-electron chi connectivity index (χ0n) is 11.0. The van der Waals surface area contributed by atoms with Crippen molar-refractivity contribution >= 4 is 11.7 Å². The lowest BCUT2D eigenvalue weighted by Crippen LogP contribution is -2.40. The second-order valence-electron chi connectivity index (χ2n) is 4.87. The van der Waals surface area contributed by atoms with Crippen molar-refractivity contribution < 1.29 is 4.79 Å². The van der Waals surface area contributed by atoms with Gasteiger partial charge in [-0.1, -0.05) is 0 Å². The standard InChI is InChI=1S/C13H20N4O/c1-10(18)17(2)12-5-3-11(4-6-12)16-13-7-8-14-9-15-13/h7-9,11-12H,3-6H2,1-2H3,(H,14,15,16)/t11-,12+. The highest BCUT2D eigenvalue weighted by molar-refractivity contribution is 5.73. The van der Waals surface area contributed by atoms with E-state index in [9.17, 15) is 4.79 Å². The van der Waals surface area contributed by atoms with Gasteiger partial charge in [-0.3, -0.25) is 4.79 Å². The summed E-state index contributed by atoms with van der Waals surface area (Å²) in [5.41, 5.74) is 0. The highest BCUT2D eigenvalue weighted by Crippen LogP contribution is 2.24. The number of carbonyl (C=O) groups excluding carboxylic acids is 1. The van der Waals surface area contributed by atoms with Gasteiger partial charge in [0.15, 0.2) is 0 Å². The van der Waals surface area contributed by atoms with Crippen LogP contribution in [0.2, 0.25) is 0 Å². The van der Waals surface area contributed by atoms with Gasteiger partial charge in [0, 0.05) is 32.3 Å². The molecule has 5 nitrogen and oxygen atoms in total. The summed E-state index contributed by atoms with van der Waals surface area (Å²) in [6.45, 7) is 1.63. The molecular formula is C13H20N4O. The molecule has 0 spiro atoms. The van der Waals surface area contributed by atoms with Crippen molar-refractivity contribution in [2.24, 2.45) is 0 Å². The van der Waals surface area contributed by atoms with Crippen molar-refractivity contribution in [2.45, 2.75) is 44.7 Å². The number of hydrogen-bond donors (Lipinski definition) is 1. The third kappa shape index (κ3) is 3.18. The largest absolute Gasteiger partial charge is 0.367 e. The van der Waals surface area contributed by atoms with E-state index < -0.39 is 0 Å². The number of carbonyl (C=O) groups is 1. The van der Waals surface area contributed by atoms with Crippen molar-refractivity contribution in [2.75, 3.05) is 12.4 Å². The van der Waals surface area contributed by atoms with Crippen LogP contribution in [0.4, 0.5) is 5.82 Å². The molecule has 0 aliphatic heterocycles. The van der Waals surface area contributed by atoms with Gasteiger partial charge in [0.1, 0.15) is 12.1 Å². The maximum atomic E-state index is 11.3. The maximum absolute atomic E-state index is 11.3. The SMILES string of the molecule is CC(=O)N(C)[C@H]1CC[C@@H](Nc2ccncn2)CC1. The van der Waals surface area contributed by atoms with E-state index in [2.05, 4.69) is 15.3 Å². The summed E-state index contributed by atoms with van der Waals surface area (Å²) >= 11 is 0. The normalized spacial score (nSPS) is 23.4. The first-order chi connectivity index (χ1) is 8.66. The minimum Gasteiger partial charge on any atom is -0.367 e. The summed E-state index contributed by atoms with van der Waals surface area (Å²) in [4.78, 5) is 21.2. The smallest absolute Gasteiger partial charge is 0.219 e. The summed E-state index contributed by atoms with van der Waals surface area (Å²) in [6, 6.07) is 2.73. The molecule has 1 heterocycles. The lowest BCUT2D eigenvalue weighted by molar-refractivity contribution is -0.130. The molecule has 2 rings (SSSR count). The van der Waals surface area contributed by atoms with Crippen LogP contribution >= 0.6 is 0 Å². The molecule has 98 valence electrons. The molecule has 1 aliphatic rings. The molecular weight excluding hydrogens is 228 g/mol. The summed E-state index contributed by atoms with van der Waals surface area (Å²) in [5.74, 6) is 1.04. The Hall–Kier alpha value is -1.65. The topological polar surface area (TPSA) is 58.1 Å². The Morgan fingerprint density at radius 3 is 2.67 bits per heavy atom. The van der Waals surface area contributed by atoms with Gasteiger partial charge >= 0.3 is 0 Å². The minimum absolute atomic E-state index is 0.155. The number of nitrogens with one attached hydrogen (secondary N) is 1. The minimum atomic E-state index is 0.155. The van der Waals surface area contributed by atoms with Gasteiger partial charge in [-0.25, -0.2) is 9.97 Å². The molecule has 0 saturated heterocycles. The number of anilines is 1. The summed E-state index contributed by atoms with van der Waals surface area (Å²) in [7, 11) is 1.89. The number of hydrogen-bond acceptors (Lipinski definition) is 4. The van der Waals surface area contributed by atoms with E-state index in [0.717, 1.165) is 31.5 Å². The number of nitrogens with zero attached hydrogens (tertiary/aromatic N) is 3. The molecule has 1 fully saturated rings. The maximum Gasteiger partial charge on any atom is 0.219 e. The number of rotatable bonds is 3. The molecule has 0 radical (unpaired) electrons. The molecule has 0 bridgehead atoms. The fraction of sp³-hybridized carbons (Fsp3) is 0.615. The zero-order chi connectivity index (χ0) is 13.0. The summed E-state index contributed by atoms with van der Waals surface area (Å²) < 4.78 is 0. The fourth-order valence-electron chi connectivity index (χ4n) is 2.45. The molecule has 1 amide bonds. The fourth-order valence-corrected chi connectivity index (χ4v) is 2.45. The molecule has 1 aromatic heterocycles. The first kappa shape index (κ1) is 12.8. The molecule has 0 aromatic carbocycles. The van der Waals surface area contributed by atoms with E-state index in [1.807, 2.05) is 18.0 Å². The van der Waals surface area contributed by atoms with E-state index in [-0.39, 0.29) is 5.91 Å². The van der Waals surface area contributed by atoms with Gasteiger partial charge in [0.2, 0.25) is 5.91 Å². The summed E-state index contributed by atoms with van der Waals surface area (Å²) in [5, 5.41) is 3.41. The Bertz CT molecular complexity index is 387. The average molecular weight is 248 g/mol. The predicted octanol–water partition coefficient (Wildman–Crippen LogP) is 1.68. The van der Waals surface area contributed by atoms with Gasteiger partial charge in [-0.2, -0.15) is 0 Å². The zero-order valence-corrected chi connectivity index (χ0v) is 11.0. The second-order valence-corrected chi connectivity index (χ2v) is 4.87. The van der Waals surface area contributed by atoms with Gasteiger partial charge < -0.3 is 10.2 Å². The van der Waals surface area contributed by atoms with Crippen molar-refractivity contribution in [1.29, 1.82) is 0 Å². The predicted molar refractivity (Wildman–Crippen MR) is 70.1 cm³/mol. The Kier molecular flexibility index (Phi) is 4.12. The van der Waals surface area contributed by atoms with Crippen LogP contribution in [0.1, 0.15) is 32.6 Å². The van der Waals surface area contributed by atoms with Crippen LogP contribution in [0, 0.1) is 0 Å². The lowest BCUT2D eigenvalue weighted by atomic mass is 9.90. The van der Waals surface area contributed by atoms with E-state index in [1.54, 1.807) is 19.4 Å². The van der Waals surface area contributed by atoms with Crippen molar-refractivity contribution in [3.05, 3.63) is 18.6 Å². The van der Waals surface area contributed by atoms with Crippen LogP contribution in [0.5, 0.6) is 0 Å². The van der Waals surface area contributed by atoms with Gasteiger partial charge in [0.05, 0.1) is 0 Å². The van der Waals surface area contributed by atoms with Crippen LogP contribution in [0.15, 0.2) is 18.6 Å². The average Bonchev–Trinajstić information content (AvgIpc) is 2.40. The van der Waals surface area contributed by atoms with Gasteiger partial charge in [0.25, 0.3) is 0 Å². The number of aromatic nitrogens is 2. The van der Waals surface area contributed by atoms with Crippen LogP contribution in [0.25, 0.3) is 0 Å². The molecule has 18 heavy (non-hydrogen) atoms. The van der Waals surface area contributed by atoms with Crippen molar-refractivity contribution in [1.82, 2.24) is 14.9 Å². The number of amides is 1. The summed E-state index contributed by atoms with van der Waals surface area (Å²) in [6.07, 6.45) is 7.55. The first-order valence-corrected chi connectivity index (χ1v) is 6.43. The molecule has 1 aromatic rings. The van der Waals surface area contributed by atoms with Crippen LogP contribution in [-0.4, -0.2) is 39.9 Å². The highest BCUT2D eigenvalue weighted by atomic mass is 16.2. The van der Waals surface area contributed by atoms with E-state index in [0.29, 0.717) is 12.1 Å². The van der Waals surface area contributed by atoms with Crippen molar-refractivity contribution in [3.63, 3.8) is 0 Å². The van der Waals surface area contributed by atoms with Crippen molar-refractivity contribution in [3.8, 4) is 0 Å². The molecule has 1 saturated carbocycles. The molecule has 1 aliphatic carbocycles. The Morgan fingerprint density at radius 1 is 1.39 bits per heavy atom. The molecule has 0 atom stereocenters. The molecule has 5 heteroatoms. The molecule has 1 N–H and O–H groups in total. The third-order valence-corrected chi connectivity index (χ3v) is 3.68. The first-order valence-electron chi connectivity index (χ1n) is 6.43. The highest BCUT2D eigenvalue weighted by Gasteiger charge is 2.25. The quantitative estimate of drug-likeness (QED) is 0.884. The lowest BCUT2D eigenvalue weighted by Gasteiger charge is -2.34. The van der Waals surface area contributed by atoms with Gasteiger partial charge in [-0.15, -0.1) is 0 Å². The van der Waals surface area contributed by atoms with Crippen LogP contribution in [-0.2, 0) is 4.79 Å². The van der Waals surface area contributed by atoms with Crippen LogP contribution in [0.3, 0.4) is 0 Å². The van der Waals surface area contributed by atoms with E-state index >= 15 is 0 Å². The Labute approximate surface area is 108 Å². The third-order valence-electron chi connectivity index (χ3n) is 3.68. The monoisotopic (exact) mass is 248 g/mol. The van der Waals surface area contributed by atoms with Crippen LogP contribution < -0.4 is 5.32 Å².